The third kappa shape index (κ3) is 3.49. The molecule has 3 aromatic rings. The standard InChI is InChI=1S/C24H20F2N2O5S/c1-12(29)19-20-14-6-4-5-7-15(14)33-24(19,2)27-23-28(20)21(30)18(34-23)11-13-8-9-16(32-22(25)26)17(10-13)31-3/h4-11,19-20,22H,1-3H3. The van der Waals surface area contributed by atoms with E-state index in [9.17, 15) is 18.4 Å². The van der Waals surface area contributed by atoms with Gasteiger partial charge in [-0.05, 0) is 43.7 Å². The first-order valence-electron chi connectivity index (χ1n) is 10.5. The van der Waals surface area contributed by atoms with E-state index in [-0.39, 0.29) is 22.8 Å². The number of fused-ring (bicyclic) bond motifs is 6. The molecule has 2 bridgehead atoms. The van der Waals surface area contributed by atoms with Gasteiger partial charge in [-0.2, -0.15) is 8.78 Å². The maximum absolute atomic E-state index is 13.5. The predicted molar refractivity (Wildman–Crippen MR) is 120 cm³/mol. The Labute approximate surface area is 196 Å². The van der Waals surface area contributed by atoms with Crippen LogP contribution in [-0.4, -0.2) is 29.8 Å². The highest BCUT2D eigenvalue weighted by molar-refractivity contribution is 7.07. The largest absolute Gasteiger partial charge is 0.493 e. The molecule has 0 amide bonds. The summed E-state index contributed by atoms with van der Waals surface area (Å²) in [4.78, 5) is 31.4. The molecular weight excluding hydrogens is 466 g/mol. The average molecular weight is 486 g/mol. The van der Waals surface area contributed by atoms with Gasteiger partial charge in [-0.1, -0.05) is 35.6 Å². The Morgan fingerprint density at radius 1 is 1.26 bits per heavy atom. The lowest BCUT2D eigenvalue weighted by atomic mass is 9.79. The molecule has 0 radical (unpaired) electrons. The van der Waals surface area contributed by atoms with Crippen LogP contribution in [0.25, 0.3) is 6.08 Å². The number of thiazole rings is 1. The zero-order valence-corrected chi connectivity index (χ0v) is 19.3. The molecule has 10 heteroatoms. The minimum absolute atomic E-state index is 0.105. The van der Waals surface area contributed by atoms with Gasteiger partial charge in [0.2, 0.25) is 5.72 Å². The van der Waals surface area contributed by atoms with Gasteiger partial charge in [-0.25, -0.2) is 4.99 Å². The summed E-state index contributed by atoms with van der Waals surface area (Å²) in [6.07, 6.45) is 1.63. The number of ketones is 1. The zero-order chi connectivity index (χ0) is 24.2. The van der Waals surface area contributed by atoms with Crippen molar-refractivity contribution in [2.75, 3.05) is 7.11 Å². The van der Waals surface area contributed by atoms with E-state index < -0.39 is 24.3 Å². The van der Waals surface area contributed by atoms with Crippen LogP contribution in [0.5, 0.6) is 17.2 Å². The number of carbonyl (C=O) groups excluding carboxylic acids is 1. The maximum atomic E-state index is 13.5. The van der Waals surface area contributed by atoms with Crippen molar-refractivity contribution in [2.45, 2.75) is 32.2 Å². The summed E-state index contributed by atoms with van der Waals surface area (Å²) in [5.74, 6) is -0.195. The molecule has 3 heterocycles. The minimum atomic E-state index is -2.99. The second kappa shape index (κ2) is 8.05. The van der Waals surface area contributed by atoms with Crippen molar-refractivity contribution in [3.05, 3.63) is 73.3 Å². The molecule has 5 rings (SSSR count). The predicted octanol–water partition coefficient (Wildman–Crippen LogP) is 2.89. The first-order chi connectivity index (χ1) is 16.2. The fraction of sp³-hybridized carbons (Fsp3) is 0.292. The van der Waals surface area contributed by atoms with Crippen LogP contribution in [0.2, 0.25) is 0 Å². The first-order valence-corrected chi connectivity index (χ1v) is 11.3. The number of para-hydroxylation sites is 1. The number of hydrogen-bond donors (Lipinski definition) is 0. The van der Waals surface area contributed by atoms with Crippen molar-refractivity contribution >= 4 is 23.2 Å². The number of hydrogen-bond acceptors (Lipinski definition) is 7. The molecule has 0 saturated carbocycles. The lowest BCUT2D eigenvalue weighted by Crippen LogP contribution is -2.58. The van der Waals surface area contributed by atoms with Gasteiger partial charge in [0, 0.05) is 5.56 Å². The van der Waals surface area contributed by atoms with E-state index in [0.717, 1.165) is 5.56 Å². The van der Waals surface area contributed by atoms with E-state index in [1.807, 2.05) is 18.2 Å². The third-order valence-corrected chi connectivity index (χ3v) is 7.00. The number of ether oxygens (including phenoxy) is 3. The Kier molecular flexibility index (Phi) is 5.27. The Bertz CT molecular complexity index is 1480. The molecule has 0 saturated heterocycles. The van der Waals surface area contributed by atoms with E-state index in [1.54, 1.807) is 29.7 Å². The highest BCUT2D eigenvalue weighted by Crippen LogP contribution is 2.47. The Morgan fingerprint density at radius 2 is 2.03 bits per heavy atom. The van der Waals surface area contributed by atoms with E-state index >= 15 is 0 Å². The van der Waals surface area contributed by atoms with Crippen molar-refractivity contribution in [1.29, 1.82) is 0 Å². The lowest BCUT2D eigenvalue weighted by molar-refractivity contribution is -0.132. The fourth-order valence-electron chi connectivity index (χ4n) is 4.67. The lowest BCUT2D eigenvalue weighted by Gasteiger charge is -2.45. The minimum Gasteiger partial charge on any atom is -0.493 e. The highest BCUT2D eigenvalue weighted by Gasteiger charge is 2.53. The number of nitrogens with zero attached hydrogens (tertiary/aromatic N) is 2. The van der Waals surface area contributed by atoms with Crippen molar-refractivity contribution in [2.24, 2.45) is 10.9 Å². The summed E-state index contributed by atoms with van der Waals surface area (Å²) in [7, 11) is 1.34. The number of benzene rings is 2. The van der Waals surface area contributed by atoms with Crippen LogP contribution in [0.1, 0.15) is 31.0 Å². The Morgan fingerprint density at radius 3 is 2.74 bits per heavy atom. The smallest absolute Gasteiger partial charge is 0.387 e. The summed E-state index contributed by atoms with van der Waals surface area (Å²) in [6, 6.07) is 11.2. The van der Waals surface area contributed by atoms with Gasteiger partial charge in [0.05, 0.1) is 17.7 Å². The van der Waals surface area contributed by atoms with Gasteiger partial charge in [-0.15, -0.1) is 0 Å². The molecular formula is C24H20F2N2O5S. The monoisotopic (exact) mass is 486 g/mol. The van der Waals surface area contributed by atoms with Gasteiger partial charge in [-0.3, -0.25) is 14.2 Å². The molecule has 1 aromatic heterocycles. The van der Waals surface area contributed by atoms with Gasteiger partial charge in [0.1, 0.15) is 17.5 Å². The van der Waals surface area contributed by atoms with Crippen molar-refractivity contribution < 1.29 is 27.8 Å². The maximum Gasteiger partial charge on any atom is 0.387 e. The molecule has 34 heavy (non-hydrogen) atoms. The van der Waals surface area contributed by atoms with E-state index in [0.29, 0.717) is 20.6 Å². The van der Waals surface area contributed by atoms with Crippen LogP contribution in [0.15, 0.2) is 52.3 Å². The van der Waals surface area contributed by atoms with E-state index in [2.05, 4.69) is 4.74 Å². The molecule has 3 unspecified atom stereocenters. The number of alkyl halides is 2. The van der Waals surface area contributed by atoms with Crippen molar-refractivity contribution in [3.8, 4) is 17.2 Å². The van der Waals surface area contributed by atoms with Crippen LogP contribution in [-0.2, 0) is 4.79 Å². The topological polar surface area (TPSA) is 79.1 Å². The molecule has 0 N–H and O–H groups in total. The van der Waals surface area contributed by atoms with E-state index in [1.165, 1.54) is 37.5 Å². The van der Waals surface area contributed by atoms with Crippen LogP contribution < -0.4 is 29.1 Å². The molecule has 176 valence electrons. The molecule has 2 aromatic carbocycles. The summed E-state index contributed by atoms with van der Waals surface area (Å²) in [5, 5.41) is 0. The number of rotatable bonds is 5. The Balaban J connectivity index is 1.69. The number of Topliss-reactive ketones (excluding diaryl/α,β-unsaturated/α-hetero) is 1. The van der Waals surface area contributed by atoms with Gasteiger partial charge >= 0.3 is 6.61 Å². The van der Waals surface area contributed by atoms with Gasteiger partial charge in [0.25, 0.3) is 5.56 Å². The number of carbonyl (C=O) groups is 1. The summed E-state index contributed by atoms with van der Waals surface area (Å²) < 4.78 is 43.0. The third-order valence-electron chi connectivity index (χ3n) is 6.02. The number of halogens is 2. The molecule has 0 aliphatic carbocycles. The zero-order valence-electron chi connectivity index (χ0n) is 18.5. The van der Waals surface area contributed by atoms with Crippen molar-refractivity contribution in [1.82, 2.24) is 4.57 Å². The number of aromatic nitrogens is 1. The van der Waals surface area contributed by atoms with Crippen LogP contribution >= 0.6 is 11.3 Å². The number of methoxy groups -OCH3 is 1. The molecule has 0 fully saturated rings. The van der Waals surface area contributed by atoms with Crippen molar-refractivity contribution in [3.63, 3.8) is 0 Å². The van der Waals surface area contributed by atoms with Crippen LogP contribution in [0.3, 0.4) is 0 Å². The molecule has 7 nitrogen and oxygen atoms in total. The fourth-order valence-corrected chi connectivity index (χ4v) is 5.77. The highest BCUT2D eigenvalue weighted by atomic mass is 32.1. The summed E-state index contributed by atoms with van der Waals surface area (Å²) in [5.41, 5.74) is -0.135. The first kappa shape index (κ1) is 22.3. The van der Waals surface area contributed by atoms with Crippen LogP contribution in [0, 0.1) is 5.92 Å². The molecule has 0 spiro atoms. The second-order valence-corrected chi connectivity index (χ2v) is 9.21. The quantitative estimate of drug-likeness (QED) is 0.554. The molecule has 2 aliphatic heterocycles. The average Bonchev–Trinajstić information content (AvgIpc) is 3.07. The molecule has 3 atom stereocenters. The summed E-state index contributed by atoms with van der Waals surface area (Å²) in [6.45, 7) is 0.248. The van der Waals surface area contributed by atoms with Gasteiger partial charge < -0.3 is 14.2 Å². The van der Waals surface area contributed by atoms with Gasteiger partial charge in [0.15, 0.2) is 16.3 Å². The Hall–Kier alpha value is -3.53. The normalized spacial score (nSPS) is 22.9. The van der Waals surface area contributed by atoms with Crippen LogP contribution in [0.4, 0.5) is 8.78 Å². The SMILES string of the molecule is COc1cc(C=c2sc3n(c2=O)C2c4ccccc4OC(C)(N=3)C2C(C)=O)ccc1OC(F)F. The van der Waals surface area contributed by atoms with E-state index in [4.69, 9.17) is 14.5 Å². The summed E-state index contributed by atoms with van der Waals surface area (Å²) >= 11 is 1.17. The second-order valence-electron chi connectivity index (χ2n) is 8.20. The molecule has 2 aliphatic rings.